The van der Waals surface area contributed by atoms with E-state index in [4.69, 9.17) is 4.98 Å². The fraction of sp³-hybridized carbons (Fsp3) is 0. The third-order valence-corrected chi connectivity index (χ3v) is 3.85. The molecule has 3 nitrogen and oxygen atoms in total. The van der Waals surface area contributed by atoms with Gasteiger partial charge in [-0.2, -0.15) is 0 Å². The van der Waals surface area contributed by atoms with Gasteiger partial charge in [0.25, 0.3) is 0 Å². The fourth-order valence-corrected chi connectivity index (χ4v) is 2.61. The molecule has 96 valence electrons. The molecular weight excluding hydrogens is 314 g/mol. The minimum Gasteiger partial charge on any atom is -0.301 e. The van der Waals surface area contributed by atoms with Crippen LogP contribution in [0.25, 0.3) is 27.9 Å². The van der Waals surface area contributed by atoms with Gasteiger partial charge in [-0.05, 0) is 30.3 Å². The fourth-order valence-electron chi connectivity index (χ4n) is 2.34. The summed E-state index contributed by atoms with van der Waals surface area (Å²) in [6.45, 7) is 0. The van der Waals surface area contributed by atoms with Gasteiger partial charge in [-0.1, -0.05) is 34.1 Å². The molecule has 0 N–H and O–H groups in total. The molecule has 4 heteroatoms. The van der Waals surface area contributed by atoms with E-state index in [-0.39, 0.29) is 0 Å². The minimum absolute atomic E-state index is 0.744. The maximum Gasteiger partial charge on any atom is 0.161 e. The zero-order valence-corrected chi connectivity index (χ0v) is 12.1. The highest BCUT2D eigenvalue weighted by molar-refractivity contribution is 9.10. The minimum atomic E-state index is 0.744. The standard InChI is InChI=1S/C16H10BrN3/c17-13-6-4-11(5-7-13)15-18-10-12-9-14-3-1-2-8-20(14)16(12)19-15/h1-10H. The number of aromatic nitrogens is 3. The molecule has 0 radical (unpaired) electrons. The third kappa shape index (κ3) is 1.80. The summed E-state index contributed by atoms with van der Waals surface area (Å²) in [5, 5.41) is 1.05. The highest BCUT2D eigenvalue weighted by Gasteiger charge is 2.07. The summed E-state index contributed by atoms with van der Waals surface area (Å²) in [5.41, 5.74) is 3.08. The first-order valence-electron chi connectivity index (χ1n) is 6.30. The molecule has 0 aliphatic heterocycles. The van der Waals surface area contributed by atoms with Crippen molar-refractivity contribution >= 4 is 32.5 Å². The smallest absolute Gasteiger partial charge is 0.161 e. The van der Waals surface area contributed by atoms with Crippen molar-refractivity contribution in [3.63, 3.8) is 0 Å². The summed E-state index contributed by atoms with van der Waals surface area (Å²) in [7, 11) is 0. The zero-order valence-electron chi connectivity index (χ0n) is 10.5. The molecule has 20 heavy (non-hydrogen) atoms. The van der Waals surface area contributed by atoms with E-state index in [1.165, 1.54) is 0 Å². The van der Waals surface area contributed by atoms with Crippen LogP contribution in [0, 0.1) is 0 Å². The Labute approximate surface area is 124 Å². The number of pyridine rings is 1. The molecule has 3 heterocycles. The van der Waals surface area contributed by atoms with Gasteiger partial charge in [0, 0.05) is 33.3 Å². The second-order valence-electron chi connectivity index (χ2n) is 4.62. The number of rotatable bonds is 1. The second-order valence-corrected chi connectivity index (χ2v) is 5.53. The molecule has 0 aliphatic carbocycles. The Morgan fingerprint density at radius 3 is 2.70 bits per heavy atom. The number of fused-ring (bicyclic) bond motifs is 3. The summed E-state index contributed by atoms with van der Waals surface area (Å²) >= 11 is 3.44. The Kier molecular flexibility index (Phi) is 2.57. The molecule has 0 fully saturated rings. The van der Waals surface area contributed by atoms with E-state index in [2.05, 4.69) is 37.4 Å². The number of halogens is 1. The molecule has 3 aromatic heterocycles. The van der Waals surface area contributed by atoms with Gasteiger partial charge in [-0.25, -0.2) is 9.97 Å². The molecule has 0 saturated carbocycles. The van der Waals surface area contributed by atoms with Crippen LogP contribution in [0.4, 0.5) is 0 Å². The van der Waals surface area contributed by atoms with Crippen LogP contribution in [-0.4, -0.2) is 14.4 Å². The highest BCUT2D eigenvalue weighted by Crippen LogP contribution is 2.22. The summed E-state index contributed by atoms with van der Waals surface area (Å²) in [6, 6.07) is 16.2. The molecule has 4 rings (SSSR count). The Hall–Kier alpha value is -2.20. The van der Waals surface area contributed by atoms with Gasteiger partial charge in [0.1, 0.15) is 5.65 Å². The van der Waals surface area contributed by atoms with Crippen LogP contribution in [0.3, 0.4) is 0 Å². The van der Waals surface area contributed by atoms with Crippen molar-refractivity contribution in [1.82, 2.24) is 14.4 Å². The Morgan fingerprint density at radius 1 is 1.00 bits per heavy atom. The van der Waals surface area contributed by atoms with Gasteiger partial charge < -0.3 is 4.40 Å². The van der Waals surface area contributed by atoms with Crippen LogP contribution in [0.1, 0.15) is 0 Å². The molecule has 4 aromatic rings. The van der Waals surface area contributed by atoms with Crippen LogP contribution >= 0.6 is 15.9 Å². The van der Waals surface area contributed by atoms with Crippen LogP contribution in [-0.2, 0) is 0 Å². The number of hydrogen-bond acceptors (Lipinski definition) is 2. The Bertz CT molecular complexity index is 910. The molecular formula is C16H10BrN3. The summed E-state index contributed by atoms with van der Waals surface area (Å²) in [6.07, 6.45) is 3.91. The van der Waals surface area contributed by atoms with Crippen molar-refractivity contribution in [2.75, 3.05) is 0 Å². The van der Waals surface area contributed by atoms with Crippen molar-refractivity contribution in [3.05, 3.63) is 65.4 Å². The summed E-state index contributed by atoms with van der Waals surface area (Å²) in [5.74, 6) is 0.744. The van der Waals surface area contributed by atoms with Crippen molar-refractivity contribution in [1.29, 1.82) is 0 Å². The lowest BCUT2D eigenvalue weighted by Crippen LogP contribution is -1.91. The van der Waals surface area contributed by atoms with E-state index in [9.17, 15) is 0 Å². The van der Waals surface area contributed by atoms with Gasteiger partial charge in [0.05, 0.1) is 0 Å². The number of hydrogen-bond donors (Lipinski definition) is 0. The van der Waals surface area contributed by atoms with Gasteiger partial charge in [-0.3, -0.25) is 0 Å². The van der Waals surface area contributed by atoms with Crippen LogP contribution in [0.15, 0.2) is 65.4 Å². The monoisotopic (exact) mass is 323 g/mol. The summed E-state index contributed by atoms with van der Waals surface area (Å²) in [4.78, 5) is 9.16. The highest BCUT2D eigenvalue weighted by atomic mass is 79.9. The predicted molar refractivity (Wildman–Crippen MR) is 83.6 cm³/mol. The lowest BCUT2D eigenvalue weighted by Gasteiger charge is -2.01. The van der Waals surface area contributed by atoms with E-state index >= 15 is 0 Å². The van der Waals surface area contributed by atoms with Crippen LogP contribution < -0.4 is 0 Å². The Morgan fingerprint density at radius 2 is 1.85 bits per heavy atom. The van der Waals surface area contributed by atoms with Gasteiger partial charge >= 0.3 is 0 Å². The number of benzene rings is 1. The molecule has 0 spiro atoms. The molecule has 0 aliphatic rings. The van der Waals surface area contributed by atoms with E-state index in [1.807, 2.05) is 48.8 Å². The van der Waals surface area contributed by atoms with Crippen LogP contribution in [0.5, 0.6) is 0 Å². The second kappa shape index (κ2) is 4.42. The lowest BCUT2D eigenvalue weighted by molar-refractivity contribution is 1.15. The maximum absolute atomic E-state index is 4.70. The molecule has 1 aromatic carbocycles. The molecule has 0 atom stereocenters. The first-order chi connectivity index (χ1) is 9.81. The third-order valence-electron chi connectivity index (χ3n) is 3.32. The van der Waals surface area contributed by atoms with E-state index < -0.39 is 0 Å². The zero-order chi connectivity index (χ0) is 13.5. The van der Waals surface area contributed by atoms with E-state index in [0.29, 0.717) is 0 Å². The van der Waals surface area contributed by atoms with Gasteiger partial charge in [0.2, 0.25) is 0 Å². The largest absolute Gasteiger partial charge is 0.301 e. The predicted octanol–water partition coefficient (Wildman–Crippen LogP) is 4.31. The normalized spacial score (nSPS) is 11.2. The van der Waals surface area contributed by atoms with Crippen molar-refractivity contribution in [3.8, 4) is 11.4 Å². The van der Waals surface area contributed by atoms with Gasteiger partial charge in [-0.15, -0.1) is 0 Å². The van der Waals surface area contributed by atoms with Crippen LogP contribution in [0.2, 0.25) is 0 Å². The molecule has 0 bridgehead atoms. The topological polar surface area (TPSA) is 30.2 Å². The van der Waals surface area contributed by atoms with E-state index in [0.717, 1.165) is 32.4 Å². The quantitative estimate of drug-likeness (QED) is 0.522. The van der Waals surface area contributed by atoms with Crippen molar-refractivity contribution in [2.45, 2.75) is 0 Å². The molecule has 0 amide bonds. The summed E-state index contributed by atoms with van der Waals surface area (Å²) < 4.78 is 3.13. The van der Waals surface area contributed by atoms with Crippen molar-refractivity contribution < 1.29 is 0 Å². The number of nitrogens with zero attached hydrogens (tertiary/aromatic N) is 3. The first kappa shape index (κ1) is 11.6. The first-order valence-corrected chi connectivity index (χ1v) is 7.09. The average molecular weight is 324 g/mol. The maximum atomic E-state index is 4.70. The average Bonchev–Trinajstić information content (AvgIpc) is 2.86. The SMILES string of the molecule is Brc1ccc(-c2ncc3cc4ccccn4c3n2)cc1. The van der Waals surface area contributed by atoms with Gasteiger partial charge in [0.15, 0.2) is 5.82 Å². The van der Waals surface area contributed by atoms with E-state index in [1.54, 1.807) is 0 Å². The molecule has 0 saturated heterocycles. The van der Waals surface area contributed by atoms with Crippen molar-refractivity contribution in [2.24, 2.45) is 0 Å². The Balaban J connectivity index is 1.97. The molecule has 0 unspecified atom stereocenters. The lowest BCUT2D eigenvalue weighted by atomic mass is 10.2.